The van der Waals surface area contributed by atoms with Crippen molar-refractivity contribution in [2.45, 2.75) is 24.7 Å². The number of carbonyl (C=O) groups is 1. The Bertz CT molecular complexity index is 1100. The molecule has 26 heavy (non-hydrogen) atoms. The molecule has 5 rings (SSSR count). The van der Waals surface area contributed by atoms with Crippen LogP contribution >= 0.6 is 27.7 Å². The van der Waals surface area contributed by atoms with Crippen LogP contribution in [0.2, 0.25) is 0 Å². The van der Waals surface area contributed by atoms with Crippen molar-refractivity contribution >= 4 is 61.6 Å². The molecule has 3 aromatic rings. The van der Waals surface area contributed by atoms with E-state index in [9.17, 15) is 4.79 Å². The van der Waals surface area contributed by atoms with Gasteiger partial charge in [-0.05, 0) is 35.7 Å². The molecule has 0 atom stereocenters. The number of hydrogen-bond acceptors (Lipinski definition) is 4. The molecule has 0 aliphatic carbocycles. The van der Waals surface area contributed by atoms with Crippen LogP contribution in [-0.2, 0) is 11.2 Å². The Kier molecular flexibility index (Phi) is 3.72. The largest absolute Gasteiger partial charge is 0.354 e. The predicted octanol–water partition coefficient (Wildman–Crippen LogP) is 5.72. The minimum atomic E-state index is 0.0422. The molecule has 0 bridgehead atoms. The van der Waals surface area contributed by atoms with Gasteiger partial charge in [0.1, 0.15) is 0 Å². The number of rotatable bonds is 2. The molecular weight excluding hydrogens is 410 g/mol. The topological polar surface area (TPSA) is 54.0 Å². The number of amides is 1. The number of nitrogens with one attached hydrogen (secondary N) is 2. The molecular formula is C20H16BrN3OS. The quantitative estimate of drug-likeness (QED) is 0.431. The van der Waals surface area contributed by atoms with Gasteiger partial charge in [-0.15, -0.1) is 11.8 Å². The third kappa shape index (κ3) is 2.28. The summed E-state index contributed by atoms with van der Waals surface area (Å²) in [7, 11) is 0. The van der Waals surface area contributed by atoms with Gasteiger partial charge in [-0.25, -0.2) is 0 Å². The molecule has 0 spiro atoms. The van der Waals surface area contributed by atoms with Crippen LogP contribution in [0.4, 0.5) is 17.1 Å². The van der Waals surface area contributed by atoms with E-state index in [-0.39, 0.29) is 5.91 Å². The second-order valence-corrected chi connectivity index (χ2v) is 8.44. The Labute approximate surface area is 163 Å². The Morgan fingerprint density at radius 3 is 2.92 bits per heavy atom. The van der Waals surface area contributed by atoms with Crippen LogP contribution in [0.15, 0.2) is 39.8 Å². The summed E-state index contributed by atoms with van der Waals surface area (Å²) in [5.74, 6) is 0.497. The Balaban J connectivity index is 1.91. The summed E-state index contributed by atoms with van der Waals surface area (Å²) >= 11 is 5.20. The van der Waals surface area contributed by atoms with Crippen LogP contribution in [0.1, 0.15) is 18.9 Å². The average Bonchev–Trinajstić information content (AvgIpc) is 2.64. The lowest BCUT2D eigenvalue weighted by Crippen LogP contribution is -2.21. The normalized spacial score (nSPS) is 14.5. The highest BCUT2D eigenvalue weighted by Crippen LogP contribution is 2.51. The lowest BCUT2D eigenvalue weighted by molar-refractivity contribution is -0.113. The first kappa shape index (κ1) is 16.1. The first-order chi connectivity index (χ1) is 12.7. The number of fused-ring (bicyclic) bond motifs is 4. The lowest BCUT2D eigenvalue weighted by atomic mass is 9.91. The number of aromatic nitrogens is 1. The second-order valence-electron chi connectivity index (χ2n) is 6.54. The fourth-order valence-corrected chi connectivity index (χ4v) is 5.24. The Hall–Kier alpha value is -2.05. The Morgan fingerprint density at radius 1 is 1.19 bits per heavy atom. The molecule has 0 saturated heterocycles. The Morgan fingerprint density at radius 2 is 2.08 bits per heavy atom. The molecule has 4 nitrogen and oxygen atoms in total. The number of thioether (sulfide) groups is 1. The second kappa shape index (κ2) is 5.99. The summed E-state index contributed by atoms with van der Waals surface area (Å²) in [5, 5.41) is 7.85. The van der Waals surface area contributed by atoms with E-state index in [2.05, 4.69) is 62.7 Å². The number of halogens is 1. The van der Waals surface area contributed by atoms with Gasteiger partial charge in [0.2, 0.25) is 5.91 Å². The van der Waals surface area contributed by atoms with Gasteiger partial charge in [-0.1, -0.05) is 35.3 Å². The molecule has 3 heterocycles. The van der Waals surface area contributed by atoms with E-state index in [1.165, 1.54) is 5.56 Å². The van der Waals surface area contributed by atoms with Crippen molar-refractivity contribution in [3.05, 3.63) is 40.5 Å². The minimum absolute atomic E-state index is 0.0422. The maximum Gasteiger partial charge on any atom is 0.234 e. The van der Waals surface area contributed by atoms with Crippen LogP contribution in [0.25, 0.3) is 22.0 Å². The van der Waals surface area contributed by atoms with Crippen molar-refractivity contribution in [1.82, 2.24) is 4.98 Å². The molecule has 130 valence electrons. The third-order valence-electron chi connectivity index (χ3n) is 4.88. The number of hydrogen-bond donors (Lipinski definition) is 2. The van der Waals surface area contributed by atoms with Crippen molar-refractivity contribution in [3.8, 4) is 11.1 Å². The molecule has 1 aromatic heterocycles. The van der Waals surface area contributed by atoms with E-state index in [1.54, 1.807) is 11.8 Å². The average molecular weight is 426 g/mol. The summed E-state index contributed by atoms with van der Waals surface area (Å²) in [5.41, 5.74) is 7.58. The molecule has 0 saturated carbocycles. The van der Waals surface area contributed by atoms with Crippen LogP contribution in [0.5, 0.6) is 0 Å². The van der Waals surface area contributed by atoms with E-state index in [1.807, 2.05) is 6.20 Å². The molecule has 2 N–H and O–H groups in total. The number of pyridine rings is 1. The number of carbonyl (C=O) groups excluding carboxylic acids is 1. The molecule has 2 aliphatic rings. The fourth-order valence-electron chi connectivity index (χ4n) is 3.86. The molecule has 0 unspecified atom stereocenters. The van der Waals surface area contributed by atoms with Crippen molar-refractivity contribution < 1.29 is 4.79 Å². The third-order valence-corrected chi connectivity index (χ3v) is 6.52. The summed E-state index contributed by atoms with van der Waals surface area (Å²) in [6.45, 7) is 2.19. The van der Waals surface area contributed by atoms with Gasteiger partial charge in [0, 0.05) is 32.2 Å². The summed E-state index contributed by atoms with van der Waals surface area (Å²) in [4.78, 5) is 17.9. The SMILES string of the molecule is CCCc1c2c(c3nccc4c3c1Nc1cc(Br)ccc1-4)NC(=O)CS2. The zero-order valence-corrected chi connectivity index (χ0v) is 16.6. The standard InChI is InChI=1S/C20H16BrN3OS/c1-2-3-13-17-16-12(11-5-4-10(21)8-14(11)23-17)6-7-22-18(16)19-20(13)26-9-15(25)24-19/h4-8,23H,2-3,9H2,1H3,(H,24,25). The summed E-state index contributed by atoms with van der Waals surface area (Å²) < 4.78 is 1.05. The molecule has 1 amide bonds. The molecule has 6 heteroatoms. The maximum atomic E-state index is 12.0. The first-order valence-electron chi connectivity index (χ1n) is 8.64. The zero-order chi connectivity index (χ0) is 17.8. The van der Waals surface area contributed by atoms with Crippen molar-refractivity contribution in [2.75, 3.05) is 16.4 Å². The monoisotopic (exact) mass is 425 g/mol. The van der Waals surface area contributed by atoms with Crippen molar-refractivity contribution in [1.29, 1.82) is 0 Å². The van der Waals surface area contributed by atoms with Crippen LogP contribution < -0.4 is 10.6 Å². The van der Waals surface area contributed by atoms with Crippen LogP contribution in [0, 0.1) is 0 Å². The van der Waals surface area contributed by atoms with E-state index in [0.29, 0.717) is 5.75 Å². The fraction of sp³-hybridized carbons (Fsp3) is 0.200. The number of benzene rings is 2. The van der Waals surface area contributed by atoms with Gasteiger partial charge in [0.25, 0.3) is 0 Å². The van der Waals surface area contributed by atoms with E-state index < -0.39 is 0 Å². The molecule has 2 aromatic carbocycles. The maximum absolute atomic E-state index is 12.0. The van der Waals surface area contributed by atoms with Crippen molar-refractivity contribution in [3.63, 3.8) is 0 Å². The van der Waals surface area contributed by atoms with E-state index in [4.69, 9.17) is 0 Å². The molecule has 2 aliphatic heterocycles. The van der Waals surface area contributed by atoms with Gasteiger partial charge in [-0.3, -0.25) is 9.78 Å². The van der Waals surface area contributed by atoms with Gasteiger partial charge >= 0.3 is 0 Å². The highest BCUT2D eigenvalue weighted by Gasteiger charge is 2.29. The predicted molar refractivity (Wildman–Crippen MR) is 112 cm³/mol. The van der Waals surface area contributed by atoms with Gasteiger partial charge < -0.3 is 10.6 Å². The molecule has 0 radical (unpaired) electrons. The van der Waals surface area contributed by atoms with Crippen molar-refractivity contribution in [2.24, 2.45) is 0 Å². The van der Waals surface area contributed by atoms with Crippen LogP contribution in [0.3, 0.4) is 0 Å². The van der Waals surface area contributed by atoms with E-state index >= 15 is 0 Å². The highest BCUT2D eigenvalue weighted by molar-refractivity contribution is 9.10. The smallest absolute Gasteiger partial charge is 0.234 e. The number of nitrogens with zero attached hydrogens (tertiary/aromatic N) is 1. The first-order valence-corrected chi connectivity index (χ1v) is 10.4. The van der Waals surface area contributed by atoms with Gasteiger partial charge in [0.05, 0.1) is 22.6 Å². The van der Waals surface area contributed by atoms with E-state index in [0.717, 1.165) is 61.3 Å². The minimum Gasteiger partial charge on any atom is -0.354 e. The lowest BCUT2D eigenvalue weighted by Gasteiger charge is -2.29. The van der Waals surface area contributed by atoms with Gasteiger partial charge in [0.15, 0.2) is 0 Å². The summed E-state index contributed by atoms with van der Waals surface area (Å²) in [6.07, 6.45) is 3.84. The molecule has 0 fully saturated rings. The van der Waals surface area contributed by atoms with Crippen LogP contribution in [-0.4, -0.2) is 16.6 Å². The zero-order valence-electron chi connectivity index (χ0n) is 14.1. The number of anilines is 3. The highest BCUT2D eigenvalue weighted by atomic mass is 79.9. The summed E-state index contributed by atoms with van der Waals surface area (Å²) in [6, 6.07) is 8.37. The van der Waals surface area contributed by atoms with Gasteiger partial charge in [-0.2, -0.15) is 0 Å².